The minimum atomic E-state index is -3.95. The minimum Gasteiger partial charge on any atom is -0.345 e. The maximum Gasteiger partial charge on any atom is 0.233 e. The Morgan fingerprint density at radius 2 is 1.86 bits per heavy atom. The van der Waals surface area contributed by atoms with Gasteiger partial charge in [-0.1, -0.05) is 29.3 Å². The monoisotopic (exact) mass is 515 g/mol. The predicted molar refractivity (Wildman–Crippen MR) is 133 cm³/mol. The van der Waals surface area contributed by atoms with Gasteiger partial charge in [0.25, 0.3) is 0 Å². The van der Waals surface area contributed by atoms with Crippen molar-refractivity contribution in [2.45, 2.75) is 13.3 Å². The van der Waals surface area contributed by atoms with Crippen LogP contribution in [0.25, 0.3) is 22.2 Å². The van der Waals surface area contributed by atoms with Crippen LogP contribution >= 0.6 is 11.6 Å². The molecular weight excluding hydrogens is 496 g/mol. The lowest BCUT2D eigenvalue weighted by atomic mass is 10.00. The van der Waals surface area contributed by atoms with Crippen molar-refractivity contribution >= 4 is 44.1 Å². The van der Waals surface area contributed by atoms with E-state index in [0.29, 0.717) is 27.2 Å². The highest BCUT2D eigenvalue weighted by Crippen LogP contribution is 2.30. The molecule has 35 heavy (non-hydrogen) atoms. The Bertz CT molecular complexity index is 1570. The van der Waals surface area contributed by atoms with Gasteiger partial charge in [-0.05, 0) is 49.2 Å². The van der Waals surface area contributed by atoms with Crippen molar-refractivity contribution < 1.29 is 22.0 Å². The molecule has 10 heteroatoms. The summed E-state index contributed by atoms with van der Waals surface area (Å²) < 4.78 is 56.6. The zero-order valence-electron chi connectivity index (χ0n) is 18.5. The quantitative estimate of drug-likeness (QED) is 0.219. The van der Waals surface area contributed by atoms with E-state index in [0.717, 1.165) is 17.7 Å². The van der Waals surface area contributed by atoms with Crippen LogP contribution in [0.15, 0.2) is 67.0 Å². The molecule has 0 radical (unpaired) electrons. The zero-order valence-corrected chi connectivity index (χ0v) is 20.1. The number of rotatable bonds is 8. The van der Waals surface area contributed by atoms with Gasteiger partial charge in [-0.15, -0.1) is 6.58 Å². The van der Waals surface area contributed by atoms with Crippen molar-refractivity contribution in [3.63, 3.8) is 0 Å². The summed E-state index contributed by atoms with van der Waals surface area (Å²) in [5.74, 6) is -3.70. The summed E-state index contributed by atoms with van der Waals surface area (Å²) in [6.07, 6.45) is 3.08. The first-order valence-corrected chi connectivity index (χ1v) is 12.5. The van der Waals surface area contributed by atoms with Crippen molar-refractivity contribution in [1.29, 1.82) is 0 Å². The summed E-state index contributed by atoms with van der Waals surface area (Å²) in [5.41, 5.74) is 1.04. The van der Waals surface area contributed by atoms with E-state index in [1.807, 2.05) is 0 Å². The van der Waals surface area contributed by atoms with E-state index in [1.54, 1.807) is 43.5 Å². The highest BCUT2D eigenvalue weighted by molar-refractivity contribution is 7.92. The third kappa shape index (κ3) is 5.26. The second-order valence-electron chi connectivity index (χ2n) is 8.07. The van der Waals surface area contributed by atoms with E-state index < -0.39 is 38.7 Å². The smallest absolute Gasteiger partial charge is 0.233 e. The van der Waals surface area contributed by atoms with Crippen molar-refractivity contribution in [3.8, 4) is 11.1 Å². The van der Waals surface area contributed by atoms with Gasteiger partial charge in [-0.3, -0.25) is 9.52 Å². The van der Waals surface area contributed by atoms with Crippen molar-refractivity contribution in [2.24, 2.45) is 0 Å². The van der Waals surface area contributed by atoms with Crippen LogP contribution in [0, 0.1) is 11.6 Å². The molecule has 2 N–H and O–H groups in total. The summed E-state index contributed by atoms with van der Waals surface area (Å²) in [7, 11) is -3.95. The van der Waals surface area contributed by atoms with E-state index in [9.17, 15) is 17.6 Å². The lowest BCUT2D eigenvalue weighted by Crippen LogP contribution is -2.19. The Morgan fingerprint density at radius 1 is 1.14 bits per heavy atom. The van der Waals surface area contributed by atoms with E-state index in [4.69, 9.17) is 11.6 Å². The number of aromatic nitrogens is 2. The molecule has 4 aromatic rings. The summed E-state index contributed by atoms with van der Waals surface area (Å²) in [6, 6.07) is 10.4. The van der Waals surface area contributed by atoms with E-state index in [2.05, 4.69) is 21.3 Å². The number of nitrogens with one attached hydrogen (secondary N) is 2. The Balaban J connectivity index is 1.73. The van der Waals surface area contributed by atoms with E-state index in [1.165, 1.54) is 6.20 Å². The maximum absolute atomic E-state index is 15.2. The normalized spacial score (nSPS) is 11.5. The Morgan fingerprint density at radius 3 is 2.54 bits per heavy atom. The van der Waals surface area contributed by atoms with Crippen LogP contribution in [0.2, 0.25) is 5.02 Å². The molecule has 0 saturated heterocycles. The molecule has 0 bridgehead atoms. The zero-order chi connectivity index (χ0) is 25.3. The molecule has 2 aromatic carbocycles. The number of sulfonamides is 1. The largest absolute Gasteiger partial charge is 0.345 e. The Kier molecular flexibility index (Phi) is 6.73. The SMILES string of the molecule is C=C(C)CCS(=O)(=O)Nc1ccc(F)c(C(=O)c2c[nH]c3ncc(-c4ccc(Cl)cc4)cc23)c1F. The molecule has 0 aliphatic rings. The molecule has 0 spiro atoms. The first-order chi connectivity index (χ1) is 16.6. The van der Waals surface area contributed by atoms with Crippen molar-refractivity contribution in [2.75, 3.05) is 10.5 Å². The highest BCUT2D eigenvalue weighted by Gasteiger charge is 2.26. The first-order valence-electron chi connectivity index (χ1n) is 10.5. The number of pyridine rings is 1. The number of fused-ring (bicyclic) bond motifs is 1. The van der Waals surface area contributed by atoms with Gasteiger partial charge >= 0.3 is 0 Å². The average Bonchev–Trinajstić information content (AvgIpc) is 3.23. The second kappa shape index (κ2) is 9.59. The first kappa shape index (κ1) is 24.6. The number of halogens is 3. The number of hydrogen-bond donors (Lipinski definition) is 2. The van der Waals surface area contributed by atoms with Crippen molar-refractivity contribution in [3.05, 3.63) is 94.8 Å². The number of carbonyl (C=O) groups excluding carboxylic acids is 1. The lowest BCUT2D eigenvalue weighted by Gasteiger charge is -2.12. The standard InChI is InChI=1S/C25H20ClF2N3O3S/c1-14(2)9-10-35(33,34)31-21-8-7-20(27)22(23(21)28)24(32)19-13-30-25-18(19)11-16(12-29-25)15-3-5-17(26)6-4-15/h3-8,11-13,31H,1,9-10H2,2H3,(H,29,30). The average molecular weight is 516 g/mol. The summed E-state index contributed by atoms with van der Waals surface area (Å²) >= 11 is 5.94. The van der Waals surface area contributed by atoms with Crippen LogP contribution in [0.4, 0.5) is 14.5 Å². The molecule has 6 nitrogen and oxygen atoms in total. The molecule has 4 rings (SSSR count). The molecule has 2 heterocycles. The van der Waals surface area contributed by atoms with Gasteiger partial charge in [0, 0.05) is 33.9 Å². The van der Waals surface area contributed by atoms with Crippen LogP contribution in [-0.4, -0.2) is 29.9 Å². The molecule has 0 unspecified atom stereocenters. The topological polar surface area (TPSA) is 91.9 Å². The van der Waals surface area contributed by atoms with Gasteiger partial charge in [-0.25, -0.2) is 22.2 Å². The minimum absolute atomic E-state index is 0.0107. The Labute approximate surface area is 205 Å². The number of allylic oxidation sites excluding steroid dienone is 1. The molecule has 0 aliphatic heterocycles. The molecule has 0 fully saturated rings. The van der Waals surface area contributed by atoms with Gasteiger partial charge in [0.1, 0.15) is 11.5 Å². The summed E-state index contributed by atoms with van der Waals surface area (Å²) in [6.45, 7) is 5.31. The summed E-state index contributed by atoms with van der Waals surface area (Å²) in [4.78, 5) is 20.4. The predicted octanol–water partition coefficient (Wildman–Crippen LogP) is 6.10. The van der Waals surface area contributed by atoms with Crippen molar-refractivity contribution in [1.82, 2.24) is 9.97 Å². The summed E-state index contributed by atoms with van der Waals surface area (Å²) in [5, 5.41) is 0.912. The number of carbonyl (C=O) groups is 1. The van der Waals surface area contributed by atoms with Gasteiger partial charge in [0.05, 0.1) is 17.0 Å². The fourth-order valence-electron chi connectivity index (χ4n) is 3.49. The van der Waals surface area contributed by atoms with Crippen LogP contribution in [0.3, 0.4) is 0 Å². The lowest BCUT2D eigenvalue weighted by molar-refractivity contribution is 0.103. The fraction of sp³-hybridized carbons (Fsp3) is 0.120. The Hall–Kier alpha value is -3.56. The number of H-pyrrole nitrogens is 1. The van der Waals surface area contributed by atoms with Gasteiger partial charge in [-0.2, -0.15) is 0 Å². The molecule has 2 aromatic heterocycles. The van der Waals surface area contributed by atoms with E-state index in [-0.39, 0.29) is 17.7 Å². The molecule has 0 atom stereocenters. The number of benzene rings is 2. The molecule has 0 aliphatic carbocycles. The number of hydrogen-bond acceptors (Lipinski definition) is 4. The molecular formula is C25H20ClF2N3O3S. The molecule has 0 amide bonds. The number of nitrogens with zero attached hydrogens (tertiary/aromatic N) is 1. The van der Waals surface area contributed by atoms with E-state index >= 15 is 4.39 Å². The number of anilines is 1. The van der Waals surface area contributed by atoms with Crippen LogP contribution < -0.4 is 4.72 Å². The number of ketones is 1. The van der Waals surface area contributed by atoms with Gasteiger partial charge in [0.2, 0.25) is 15.8 Å². The van der Waals surface area contributed by atoms with Gasteiger partial charge in [0.15, 0.2) is 5.82 Å². The maximum atomic E-state index is 15.2. The van der Waals surface area contributed by atoms with Crippen LogP contribution in [0.5, 0.6) is 0 Å². The number of aromatic amines is 1. The highest BCUT2D eigenvalue weighted by atomic mass is 35.5. The van der Waals surface area contributed by atoms with Crippen LogP contribution in [0.1, 0.15) is 29.3 Å². The van der Waals surface area contributed by atoms with Crippen LogP contribution in [-0.2, 0) is 10.0 Å². The third-order valence-corrected chi connectivity index (χ3v) is 6.86. The fourth-order valence-corrected chi connectivity index (χ4v) is 4.83. The second-order valence-corrected chi connectivity index (χ2v) is 10.3. The molecule has 180 valence electrons. The third-order valence-electron chi connectivity index (χ3n) is 5.33. The van der Waals surface area contributed by atoms with Gasteiger partial charge < -0.3 is 4.98 Å². The molecule has 0 saturated carbocycles.